The number of aromatic nitrogens is 5. The highest BCUT2D eigenvalue weighted by atomic mass is 16.5. The van der Waals surface area contributed by atoms with Crippen molar-refractivity contribution in [3.05, 3.63) is 30.4 Å². The van der Waals surface area contributed by atoms with Gasteiger partial charge < -0.3 is 18.8 Å². The molecule has 1 fully saturated rings. The van der Waals surface area contributed by atoms with Crippen molar-refractivity contribution in [3.8, 4) is 0 Å². The van der Waals surface area contributed by atoms with E-state index in [-0.39, 0.29) is 11.8 Å². The molecule has 2 aromatic rings. The van der Waals surface area contributed by atoms with Crippen LogP contribution in [0.15, 0.2) is 19.0 Å². The number of imidazole rings is 1. The molecule has 0 N–H and O–H groups in total. The summed E-state index contributed by atoms with van der Waals surface area (Å²) in [6.45, 7) is 4.19. The fourth-order valence-electron chi connectivity index (χ4n) is 3.30. The molecule has 0 radical (unpaired) electrons. The Labute approximate surface area is 134 Å². The van der Waals surface area contributed by atoms with Gasteiger partial charge in [0, 0.05) is 19.7 Å². The molecule has 1 amide bonds. The standard InChI is InChI=1S/C15H20N6O2/c22-15(12-2-5-23-8-12)20-3-1-4-21-9-16-13(14(21)7-20)6-19-10-17-18-11-19/h9-12H,1-8H2/t12-/m1/s1. The van der Waals surface area contributed by atoms with E-state index in [0.29, 0.717) is 26.3 Å². The summed E-state index contributed by atoms with van der Waals surface area (Å²) in [7, 11) is 0. The van der Waals surface area contributed by atoms with Gasteiger partial charge in [0.15, 0.2) is 0 Å². The molecule has 1 atom stereocenters. The molecule has 0 saturated carbocycles. The molecule has 23 heavy (non-hydrogen) atoms. The smallest absolute Gasteiger partial charge is 0.228 e. The Morgan fingerprint density at radius 2 is 2.13 bits per heavy atom. The van der Waals surface area contributed by atoms with Crippen LogP contribution in [0.3, 0.4) is 0 Å². The van der Waals surface area contributed by atoms with E-state index in [2.05, 4.69) is 19.7 Å². The third-order valence-corrected chi connectivity index (χ3v) is 4.59. The summed E-state index contributed by atoms with van der Waals surface area (Å²) in [5, 5.41) is 7.66. The van der Waals surface area contributed by atoms with E-state index in [9.17, 15) is 4.79 Å². The molecule has 2 aromatic heterocycles. The maximum absolute atomic E-state index is 12.7. The summed E-state index contributed by atoms with van der Waals surface area (Å²) in [6, 6.07) is 0. The minimum atomic E-state index is 0.0192. The van der Waals surface area contributed by atoms with Crippen molar-refractivity contribution >= 4 is 5.91 Å². The van der Waals surface area contributed by atoms with Crippen molar-refractivity contribution in [1.29, 1.82) is 0 Å². The topological polar surface area (TPSA) is 78.1 Å². The zero-order valence-corrected chi connectivity index (χ0v) is 13.0. The molecule has 0 aliphatic carbocycles. The summed E-state index contributed by atoms with van der Waals surface area (Å²) in [5.41, 5.74) is 2.09. The number of hydrogen-bond acceptors (Lipinski definition) is 5. The first-order chi connectivity index (χ1) is 11.3. The average Bonchev–Trinajstić information content (AvgIpc) is 3.29. The van der Waals surface area contributed by atoms with E-state index >= 15 is 0 Å². The molecule has 0 spiro atoms. The normalized spacial score (nSPS) is 21.2. The van der Waals surface area contributed by atoms with E-state index in [1.807, 2.05) is 15.8 Å². The molecule has 0 unspecified atom stereocenters. The van der Waals surface area contributed by atoms with Crippen molar-refractivity contribution in [2.24, 2.45) is 5.92 Å². The Morgan fingerprint density at radius 3 is 2.91 bits per heavy atom. The molecule has 8 heteroatoms. The van der Waals surface area contributed by atoms with Crippen LogP contribution in [0, 0.1) is 5.92 Å². The highest BCUT2D eigenvalue weighted by Crippen LogP contribution is 2.21. The number of aryl methyl sites for hydroxylation is 1. The van der Waals surface area contributed by atoms with Crippen LogP contribution in [0.5, 0.6) is 0 Å². The minimum absolute atomic E-state index is 0.0192. The third kappa shape index (κ3) is 2.86. The molecular formula is C15H20N6O2. The molecule has 1 saturated heterocycles. The average molecular weight is 316 g/mol. The number of fused-ring (bicyclic) bond motifs is 1. The highest BCUT2D eigenvalue weighted by molar-refractivity contribution is 5.79. The van der Waals surface area contributed by atoms with E-state index < -0.39 is 0 Å². The lowest BCUT2D eigenvalue weighted by Gasteiger charge is -2.23. The molecule has 122 valence electrons. The number of ether oxygens (including phenoxy) is 1. The maximum atomic E-state index is 12.7. The van der Waals surface area contributed by atoms with E-state index in [1.165, 1.54) is 0 Å². The van der Waals surface area contributed by atoms with Crippen molar-refractivity contribution < 1.29 is 9.53 Å². The van der Waals surface area contributed by atoms with Gasteiger partial charge in [-0.05, 0) is 12.8 Å². The first kappa shape index (κ1) is 14.4. The van der Waals surface area contributed by atoms with Crippen LogP contribution in [0.2, 0.25) is 0 Å². The van der Waals surface area contributed by atoms with E-state index in [4.69, 9.17) is 4.74 Å². The van der Waals surface area contributed by atoms with Gasteiger partial charge in [-0.3, -0.25) is 4.79 Å². The minimum Gasteiger partial charge on any atom is -0.381 e. The van der Waals surface area contributed by atoms with Crippen LogP contribution in [-0.2, 0) is 29.2 Å². The number of carbonyl (C=O) groups excluding carboxylic acids is 1. The van der Waals surface area contributed by atoms with Crippen LogP contribution in [0.4, 0.5) is 0 Å². The van der Waals surface area contributed by atoms with Crippen LogP contribution in [0.1, 0.15) is 24.2 Å². The fourth-order valence-corrected chi connectivity index (χ4v) is 3.30. The molecule has 0 bridgehead atoms. The van der Waals surface area contributed by atoms with E-state index in [1.54, 1.807) is 12.7 Å². The lowest BCUT2D eigenvalue weighted by atomic mass is 10.1. The molecule has 4 rings (SSSR count). The quantitative estimate of drug-likeness (QED) is 0.813. The molecule has 2 aliphatic rings. The highest BCUT2D eigenvalue weighted by Gasteiger charge is 2.30. The molecule has 8 nitrogen and oxygen atoms in total. The Hall–Kier alpha value is -2.22. The lowest BCUT2D eigenvalue weighted by molar-refractivity contribution is -0.136. The van der Waals surface area contributed by atoms with Gasteiger partial charge in [0.1, 0.15) is 12.7 Å². The van der Waals surface area contributed by atoms with Gasteiger partial charge in [0.25, 0.3) is 0 Å². The zero-order chi connectivity index (χ0) is 15.6. The monoisotopic (exact) mass is 316 g/mol. The third-order valence-electron chi connectivity index (χ3n) is 4.59. The Balaban J connectivity index is 1.55. The summed E-state index contributed by atoms with van der Waals surface area (Å²) in [6.07, 6.45) is 7.03. The number of carbonyl (C=O) groups is 1. The predicted molar refractivity (Wildman–Crippen MR) is 80.3 cm³/mol. The zero-order valence-electron chi connectivity index (χ0n) is 13.0. The summed E-state index contributed by atoms with van der Waals surface area (Å²) < 4.78 is 9.43. The fraction of sp³-hybridized carbons (Fsp3) is 0.600. The van der Waals surface area contributed by atoms with Crippen molar-refractivity contribution in [1.82, 2.24) is 29.2 Å². The predicted octanol–water partition coefficient (Wildman–Crippen LogP) is 0.292. The number of rotatable bonds is 3. The molecule has 0 aromatic carbocycles. The molecule has 2 aliphatic heterocycles. The van der Waals surface area contributed by atoms with Crippen LogP contribution >= 0.6 is 0 Å². The van der Waals surface area contributed by atoms with Gasteiger partial charge in [-0.2, -0.15) is 0 Å². The largest absolute Gasteiger partial charge is 0.381 e. The van der Waals surface area contributed by atoms with Gasteiger partial charge in [-0.25, -0.2) is 4.98 Å². The SMILES string of the molecule is O=C([C@@H]1CCOC1)N1CCCn2cnc(Cn3cnnc3)c2C1. The van der Waals surface area contributed by atoms with Crippen molar-refractivity contribution in [2.45, 2.75) is 32.5 Å². The first-order valence-corrected chi connectivity index (χ1v) is 8.03. The Morgan fingerprint density at radius 1 is 1.26 bits per heavy atom. The lowest BCUT2D eigenvalue weighted by Crippen LogP contribution is -2.36. The number of amides is 1. The van der Waals surface area contributed by atoms with Crippen LogP contribution < -0.4 is 0 Å². The number of nitrogens with zero attached hydrogens (tertiary/aromatic N) is 6. The second-order valence-corrected chi connectivity index (χ2v) is 6.14. The maximum Gasteiger partial charge on any atom is 0.228 e. The number of hydrogen-bond donors (Lipinski definition) is 0. The Bertz CT molecular complexity index is 674. The summed E-state index contributed by atoms with van der Waals surface area (Å²) >= 11 is 0. The second-order valence-electron chi connectivity index (χ2n) is 6.14. The van der Waals surface area contributed by atoms with Crippen LogP contribution in [0.25, 0.3) is 0 Å². The van der Waals surface area contributed by atoms with Crippen molar-refractivity contribution in [2.75, 3.05) is 19.8 Å². The van der Waals surface area contributed by atoms with Gasteiger partial charge >= 0.3 is 0 Å². The summed E-state index contributed by atoms with van der Waals surface area (Å²) in [5.74, 6) is 0.234. The van der Waals surface area contributed by atoms with Gasteiger partial charge in [-0.1, -0.05) is 0 Å². The molecular weight excluding hydrogens is 296 g/mol. The Kier molecular flexibility index (Phi) is 3.82. The second kappa shape index (κ2) is 6.11. The van der Waals surface area contributed by atoms with Gasteiger partial charge in [-0.15, -0.1) is 10.2 Å². The van der Waals surface area contributed by atoms with E-state index in [0.717, 1.165) is 37.3 Å². The van der Waals surface area contributed by atoms with Gasteiger partial charge in [0.2, 0.25) is 5.91 Å². The summed E-state index contributed by atoms with van der Waals surface area (Å²) in [4.78, 5) is 19.2. The first-order valence-electron chi connectivity index (χ1n) is 8.03. The van der Waals surface area contributed by atoms with Gasteiger partial charge in [0.05, 0.1) is 43.3 Å². The van der Waals surface area contributed by atoms with Crippen molar-refractivity contribution in [3.63, 3.8) is 0 Å². The molecule has 4 heterocycles. The van der Waals surface area contributed by atoms with Crippen LogP contribution in [-0.4, -0.2) is 54.9 Å².